The zero-order valence-corrected chi connectivity index (χ0v) is 10.2. The van der Waals surface area contributed by atoms with Gasteiger partial charge in [-0.2, -0.15) is 0 Å². The molecule has 0 spiro atoms. The van der Waals surface area contributed by atoms with Gasteiger partial charge in [-0.15, -0.1) is 5.10 Å². The molecule has 0 fully saturated rings. The predicted molar refractivity (Wildman–Crippen MR) is 64.8 cm³/mol. The van der Waals surface area contributed by atoms with Crippen LogP contribution in [0.5, 0.6) is 5.75 Å². The number of hydrogen-bond acceptors (Lipinski definition) is 4. The van der Waals surface area contributed by atoms with Gasteiger partial charge in [-0.05, 0) is 18.6 Å². The molecule has 5 heteroatoms. The van der Waals surface area contributed by atoms with E-state index in [1.807, 2.05) is 32.2 Å². The van der Waals surface area contributed by atoms with Crippen molar-refractivity contribution in [2.45, 2.75) is 13.0 Å². The van der Waals surface area contributed by atoms with Gasteiger partial charge in [-0.3, -0.25) is 4.68 Å². The number of ether oxygens (including phenoxy) is 1. The van der Waals surface area contributed by atoms with Gasteiger partial charge in [-0.25, -0.2) is 0 Å². The summed E-state index contributed by atoms with van der Waals surface area (Å²) in [6.07, 6.45) is 1.67. The van der Waals surface area contributed by atoms with Crippen molar-refractivity contribution in [1.82, 2.24) is 15.0 Å². The van der Waals surface area contributed by atoms with E-state index in [9.17, 15) is 0 Å². The highest BCUT2D eigenvalue weighted by Gasteiger charge is 2.17. The van der Waals surface area contributed by atoms with Crippen molar-refractivity contribution in [2.75, 3.05) is 7.11 Å². The van der Waals surface area contributed by atoms with Crippen LogP contribution in [0.2, 0.25) is 0 Å². The molecule has 0 aliphatic carbocycles. The van der Waals surface area contributed by atoms with Crippen LogP contribution in [0, 0.1) is 6.92 Å². The Bertz CT molecular complexity index is 521. The number of nitrogens with zero attached hydrogens (tertiary/aromatic N) is 3. The van der Waals surface area contributed by atoms with E-state index in [4.69, 9.17) is 10.5 Å². The first-order valence-electron chi connectivity index (χ1n) is 5.38. The molecule has 0 aliphatic heterocycles. The van der Waals surface area contributed by atoms with Crippen molar-refractivity contribution in [3.8, 4) is 5.75 Å². The second-order valence-corrected chi connectivity index (χ2v) is 4.01. The van der Waals surface area contributed by atoms with Crippen LogP contribution >= 0.6 is 0 Å². The maximum atomic E-state index is 6.21. The van der Waals surface area contributed by atoms with Gasteiger partial charge in [0.15, 0.2) is 0 Å². The van der Waals surface area contributed by atoms with Gasteiger partial charge in [-0.1, -0.05) is 17.3 Å². The first-order valence-corrected chi connectivity index (χ1v) is 5.38. The normalized spacial score (nSPS) is 12.5. The number of hydrogen-bond donors (Lipinski definition) is 1. The Hall–Kier alpha value is -1.88. The van der Waals surface area contributed by atoms with Crippen LogP contribution in [-0.4, -0.2) is 22.1 Å². The van der Waals surface area contributed by atoms with Gasteiger partial charge < -0.3 is 10.5 Å². The standard InChI is InChI=1S/C12H16N4O/c1-8-4-5-9(11(6-8)17-3)12(13)10-7-14-15-16(10)2/h4-7,12H,13H2,1-3H3. The van der Waals surface area contributed by atoms with Gasteiger partial charge in [0, 0.05) is 12.6 Å². The minimum atomic E-state index is -0.287. The number of methoxy groups -OCH3 is 1. The summed E-state index contributed by atoms with van der Waals surface area (Å²) in [6, 6.07) is 5.68. The Kier molecular flexibility index (Phi) is 3.10. The van der Waals surface area contributed by atoms with E-state index in [1.54, 1.807) is 18.0 Å². The molecule has 0 saturated heterocycles. The second kappa shape index (κ2) is 4.55. The van der Waals surface area contributed by atoms with Gasteiger partial charge >= 0.3 is 0 Å². The SMILES string of the molecule is COc1cc(C)ccc1C(N)c1cnnn1C. The third-order valence-electron chi connectivity index (χ3n) is 2.79. The van der Waals surface area contributed by atoms with Crippen LogP contribution in [-0.2, 0) is 7.05 Å². The largest absolute Gasteiger partial charge is 0.496 e. The Labute approximate surface area is 100 Å². The molecule has 0 radical (unpaired) electrons. The molecular formula is C12H16N4O. The number of aryl methyl sites for hydroxylation is 2. The molecule has 0 saturated carbocycles. The predicted octanol–water partition coefficient (Wildman–Crippen LogP) is 1.18. The molecule has 2 N–H and O–H groups in total. The third-order valence-corrected chi connectivity index (χ3v) is 2.79. The zero-order chi connectivity index (χ0) is 12.4. The van der Waals surface area contributed by atoms with Crippen LogP contribution in [0.3, 0.4) is 0 Å². The topological polar surface area (TPSA) is 66.0 Å². The summed E-state index contributed by atoms with van der Waals surface area (Å²) in [5.74, 6) is 0.790. The summed E-state index contributed by atoms with van der Waals surface area (Å²) in [5, 5.41) is 7.72. The van der Waals surface area contributed by atoms with Gasteiger partial charge in [0.1, 0.15) is 5.75 Å². The fraction of sp³-hybridized carbons (Fsp3) is 0.333. The monoisotopic (exact) mass is 232 g/mol. The van der Waals surface area contributed by atoms with Crippen LogP contribution in [0.15, 0.2) is 24.4 Å². The van der Waals surface area contributed by atoms with Crippen molar-refractivity contribution in [1.29, 1.82) is 0 Å². The van der Waals surface area contributed by atoms with Crippen molar-refractivity contribution < 1.29 is 4.74 Å². The molecule has 2 rings (SSSR count). The molecule has 0 amide bonds. The summed E-state index contributed by atoms with van der Waals surface area (Å²) >= 11 is 0. The Morgan fingerprint density at radius 2 is 2.18 bits per heavy atom. The second-order valence-electron chi connectivity index (χ2n) is 4.01. The van der Waals surface area contributed by atoms with E-state index in [0.29, 0.717) is 0 Å². The first-order chi connectivity index (χ1) is 8.13. The first kappa shape index (κ1) is 11.6. The Morgan fingerprint density at radius 3 is 2.76 bits per heavy atom. The maximum Gasteiger partial charge on any atom is 0.124 e. The van der Waals surface area contributed by atoms with E-state index >= 15 is 0 Å². The lowest BCUT2D eigenvalue weighted by Crippen LogP contribution is -2.16. The lowest BCUT2D eigenvalue weighted by Gasteiger charge is -2.15. The van der Waals surface area contributed by atoms with E-state index in [1.165, 1.54) is 0 Å². The molecular weight excluding hydrogens is 216 g/mol. The van der Waals surface area contributed by atoms with Gasteiger partial charge in [0.25, 0.3) is 0 Å². The van der Waals surface area contributed by atoms with Gasteiger partial charge in [0.05, 0.1) is 25.0 Å². The number of benzene rings is 1. The van der Waals surface area contributed by atoms with Crippen LogP contribution < -0.4 is 10.5 Å². The molecule has 90 valence electrons. The molecule has 1 aromatic carbocycles. The Balaban J connectivity index is 2.44. The number of aromatic nitrogens is 3. The minimum Gasteiger partial charge on any atom is -0.496 e. The van der Waals surface area contributed by atoms with Crippen LogP contribution in [0.1, 0.15) is 22.9 Å². The van der Waals surface area contributed by atoms with Crippen molar-refractivity contribution in [2.24, 2.45) is 12.8 Å². The molecule has 17 heavy (non-hydrogen) atoms. The molecule has 1 aromatic heterocycles. The minimum absolute atomic E-state index is 0.287. The molecule has 5 nitrogen and oxygen atoms in total. The van der Waals surface area contributed by atoms with Crippen LogP contribution in [0.4, 0.5) is 0 Å². The van der Waals surface area contributed by atoms with Crippen molar-refractivity contribution in [3.63, 3.8) is 0 Å². The molecule has 1 unspecified atom stereocenters. The summed E-state index contributed by atoms with van der Waals surface area (Å²) in [4.78, 5) is 0. The Morgan fingerprint density at radius 1 is 1.41 bits per heavy atom. The lowest BCUT2D eigenvalue weighted by atomic mass is 10.0. The van der Waals surface area contributed by atoms with E-state index in [2.05, 4.69) is 10.3 Å². The average Bonchev–Trinajstić information content (AvgIpc) is 2.74. The number of rotatable bonds is 3. The fourth-order valence-electron chi connectivity index (χ4n) is 1.81. The van der Waals surface area contributed by atoms with Crippen molar-refractivity contribution >= 4 is 0 Å². The van der Waals surface area contributed by atoms with Gasteiger partial charge in [0.2, 0.25) is 0 Å². The summed E-state index contributed by atoms with van der Waals surface area (Å²) < 4.78 is 7.03. The van der Waals surface area contributed by atoms with E-state index in [0.717, 1.165) is 22.6 Å². The summed E-state index contributed by atoms with van der Waals surface area (Å²) in [7, 11) is 3.47. The average molecular weight is 232 g/mol. The number of nitrogens with two attached hydrogens (primary N) is 1. The third kappa shape index (κ3) is 2.14. The summed E-state index contributed by atoms with van der Waals surface area (Å²) in [5.41, 5.74) is 9.13. The molecule has 1 heterocycles. The highest BCUT2D eigenvalue weighted by atomic mass is 16.5. The molecule has 1 atom stereocenters. The zero-order valence-electron chi connectivity index (χ0n) is 10.2. The molecule has 0 aliphatic rings. The smallest absolute Gasteiger partial charge is 0.124 e. The van der Waals surface area contributed by atoms with Crippen LogP contribution in [0.25, 0.3) is 0 Å². The maximum absolute atomic E-state index is 6.21. The van der Waals surface area contributed by atoms with E-state index < -0.39 is 0 Å². The highest BCUT2D eigenvalue weighted by molar-refractivity contribution is 5.41. The fourth-order valence-corrected chi connectivity index (χ4v) is 1.81. The molecule has 2 aromatic rings. The van der Waals surface area contributed by atoms with E-state index in [-0.39, 0.29) is 6.04 Å². The lowest BCUT2D eigenvalue weighted by molar-refractivity contribution is 0.406. The highest BCUT2D eigenvalue weighted by Crippen LogP contribution is 2.28. The summed E-state index contributed by atoms with van der Waals surface area (Å²) in [6.45, 7) is 2.02. The quantitative estimate of drug-likeness (QED) is 0.863. The molecule has 0 bridgehead atoms. The van der Waals surface area contributed by atoms with Crippen molar-refractivity contribution in [3.05, 3.63) is 41.2 Å².